The molecule has 104 valence electrons. The first kappa shape index (κ1) is 13.2. The van der Waals surface area contributed by atoms with Crippen molar-refractivity contribution in [2.75, 3.05) is 6.54 Å². The van der Waals surface area contributed by atoms with E-state index in [2.05, 4.69) is 40.8 Å². The normalized spacial score (nSPS) is 17.9. The molecule has 2 N–H and O–H groups in total. The number of nitrogens with one attached hydrogen (secondary N) is 2. The van der Waals surface area contributed by atoms with Gasteiger partial charge in [-0.2, -0.15) is 5.26 Å². The average molecular weight is 267 g/mol. The summed E-state index contributed by atoms with van der Waals surface area (Å²) in [6, 6.07) is 10.9. The Morgan fingerprint density at radius 2 is 2.00 bits per heavy atom. The topological polar surface area (TPSA) is 51.6 Å². The van der Waals surface area contributed by atoms with E-state index in [0.717, 1.165) is 25.8 Å². The fourth-order valence-corrected chi connectivity index (χ4v) is 3.26. The lowest BCUT2D eigenvalue weighted by Gasteiger charge is -2.31. The Bertz CT molecular complexity index is 614. The van der Waals surface area contributed by atoms with Crippen LogP contribution in [0, 0.1) is 11.3 Å². The van der Waals surface area contributed by atoms with E-state index in [1.165, 1.54) is 35.7 Å². The SMILES string of the molecule is N#CC1(NCCc2c[nH]c3ccccc23)CCCCC1. The van der Waals surface area contributed by atoms with Crippen molar-refractivity contribution in [3.8, 4) is 6.07 Å². The van der Waals surface area contributed by atoms with E-state index in [1.807, 2.05) is 6.07 Å². The van der Waals surface area contributed by atoms with Gasteiger partial charge in [-0.15, -0.1) is 0 Å². The average Bonchev–Trinajstić information content (AvgIpc) is 2.92. The highest BCUT2D eigenvalue weighted by Crippen LogP contribution is 2.27. The van der Waals surface area contributed by atoms with Crippen molar-refractivity contribution >= 4 is 10.9 Å². The molecule has 0 atom stereocenters. The third-order valence-electron chi connectivity index (χ3n) is 4.45. The smallest absolute Gasteiger partial charge is 0.106 e. The molecule has 3 rings (SSSR count). The van der Waals surface area contributed by atoms with Crippen molar-refractivity contribution in [2.45, 2.75) is 44.1 Å². The van der Waals surface area contributed by atoms with E-state index in [9.17, 15) is 5.26 Å². The van der Waals surface area contributed by atoms with Crippen LogP contribution in [0.2, 0.25) is 0 Å². The summed E-state index contributed by atoms with van der Waals surface area (Å²) in [5, 5.41) is 14.3. The fourth-order valence-electron chi connectivity index (χ4n) is 3.26. The number of fused-ring (bicyclic) bond motifs is 1. The molecule has 0 radical (unpaired) electrons. The Hall–Kier alpha value is -1.79. The molecule has 0 spiro atoms. The molecule has 1 heterocycles. The molecule has 20 heavy (non-hydrogen) atoms. The molecule has 0 aliphatic heterocycles. The highest BCUT2D eigenvalue weighted by molar-refractivity contribution is 5.83. The minimum atomic E-state index is -0.273. The fraction of sp³-hybridized carbons (Fsp3) is 0.471. The highest BCUT2D eigenvalue weighted by Gasteiger charge is 2.30. The van der Waals surface area contributed by atoms with Gasteiger partial charge in [0.1, 0.15) is 5.54 Å². The third-order valence-corrected chi connectivity index (χ3v) is 4.45. The molecular weight excluding hydrogens is 246 g/mol. The minimum absolute atomic E-state index is 0.273. The first-order valence-corrected chi connectivity index (χ1v) is 7.54. The Balaban J connectivity index is 1.63. The molecule has 1 aromatic heterocycles. The van der Waals surface area contributed by atoms with Gasteiger partial charge in [0.15, 0.2) is 0 Å². The van der Waals surface area contributed by atoms with Gasteiger partial charge in [-0.25, -0.2) is 0 Å². The van der Waals surface area contributed by atoms with Crippen LogP contribution in [0.4, 0.5) is 0 Å². The van der Waals surface area contributed by atoms with E-state index in [1.54, 1.807) is 0 Å². The molecule has 1 saturated carbocycles. The first-order valence-electron chi connectivity index (χ1n) is 7.54. The van der Waals surface area contributed by atoms with Crippen LogP contribution < -0.4 is 5.32 Å². The van der Waals surface area contributed by atoms with Gasteiger partial charge in [0.25, 0.3) is 0 Å². The van der Waals surface area contributed by atoms with Crippen LogP contribution in [0.3, 0.4) is 0 Å². The monoisotopic (exact) mass is 267 g/mol. The molecule has 3 heteroatoms. The molecule has 2 aromatic rings. The largest absolute Gasteiger partial charge is 0.361 e. The van der Waals surface area contributed by atoms with E-state index in [0.29, 0.717) is 0 Å². The summed E-state index contributed by atoms with van der Waals surface area (Å²) in [7, 11) is 0. The standard InChI is InChI=1S/C17H21N3/c18-13-17(9-4-1-5-10-17)20-11-8-14-12-19-16-7-3-2-6-15(14)16/h2-3,6-7,12,19-20H,1,4-5,8-11H2. The lowest BCUT2D eigenvalue weighted by atomic mass is 9.83. The van der Waals surface area contributed by atoms with Crippen molar-refractivity contribution in [1.82, 2.24) is 10.3 Å². The van der Waals surface area contributed by atoms with Gasteiger partial charge < -0.3 is 4.98 Å². The van der Waals surface area contributed by atoms with Gasteiger partial charge in [-0.05, 0) is 30.9 Å². The van der Waals surface area contributed by atoms with Crippen LogP contribution in [-0.4, -0.2) is 17.1 Å². The zero-order valence-electron chi connectivity index (χ0n) is 11.8. The minimum Gasteiger partial charge on any atom is -0.361 e. The second-order valence-corrected chi connectivity index (χ2v) is 5.79. The van der Waals surface area contributed by atoms with Gasteiger partial charge in [0.05, 0.1) is 6.07 Å². The van der Waals surface area contributed by atoms with Crippen LogP contribution in [0.25, 0.3) is 10.9 Å². The number of aromatic amines is 1. The Morgan fingerprint density at radius 3 is 2.80 bits per heavy atom. The maximum Gasteiger partial charge on any atom is 0.106 e. The van der Waals surface area contributed by atoms with E-state index >= 15 is 0 Å². The molecule has 0 bridgehead atoms. The predicted molar refractivity (Wildman–Crippen MR) is 81.4 cm³/mol. The molecule has 0 amide bonds. The number of para-hydroxylation sites is 1. The number of aromatic nitrogens is 1. The number of hydrogen-bond donors (Lipinski definition) is 2. The van der Waals surface area contributed by atoms with Crippen molar-refractivity contribution < 1.29 is 0 Å². The molecular formula is C17H21N3. The van der Waals surface area contributed by atoms with Gasteiger partial charge in [0, 0.05) is 23.6 Å². The highest BCUT2D eigenvalue weighted by atomic mass is 15.0. The number of rotatable bonds is 4. The number of hydrogen-bond acceptors (Lipinski definition) is 2. The van der Waals surface area contributed by atoms with Crippen molar-refractivity contribution in [2.24, 2.45) is 0 Å². The van der Waals surface area contributed by atoms with Crippen molar-refractivity contribution in [3.63, 3.8) is 0 Å². The summed E-state index contributed by atoms with van der Waals surface area (Å²) < 4.78 is 0. The Labute approximate surface area is 120 Å². The van der Waals surface area contributed by atoms with Crippen LogP contribution in [0.1, 0.15) is 37.7 Å². The molecule has 3 nitrogen and oxygen atoms in total. The quantitative estimate of drug-likeness (QED) is 0.890. The molecule has 1 aliphatic rings. The number of nitrogens with zero attached hydrogens (tertiary/aromatic N) is 1. The maximum atomic E-state index is 9.45. The number of benzene rings is 1. The van der Waals surface area contributed by atoms with E-state index in [-0.39, 0.29) is 5.54 Å². The third kappa shape index (κ3) is 2.57. The number of H-pyrrole nitrogens is 1. The van der Waals surface area contributed by atoms with Crippen LogP contribution in [-0.2, 0) is 6.42 Å². The van der Waals surface area contributed by atoms with Crippen LogP contribution in [0.5, 0.6) is 0 Å². The maximum absolute atomic E-state index is 9.45. The lowest BCUT2D eigenvalue weighted by Crippen LogP contribution is -2.46. The molecule has 1 fully saturated rings. The molecule has 0 saturated heterocycles. The van der Waals surface area contributed by atoms with Gasteiger partial charge in [-0.1, -0.05) is 37.5 Å². The van der Waals surface area contributed by atoms with E-state index < -0.39 is 0 Å². The van der Waals surface area contributed by atoms with E-state index in [4.69, 9.17) is 0 Å². The van der Waals surface area contributed by atoms with Gasteiger partial charge in [-0.3, -0.25) is 5.32 Å². The van der Waals surface area contributed by atoms with Gasteiger partial charge in [0.2, 0.25) is 0 Å². The summed E-state index contributed by atoms with van der Waals surface area (Å²) >= 11 is 0. The summed E-state index contributed by atoms with van der Waals surface area (Å²) in [6.07, 6.45) is 8.67. The Morgan fingerprint density at radius 1 is 1.20 bits per heavy atom. The summed E-state index contributed by atoms with van der Waals surface area (Å²) in [5.74, 6) is 0. The van der Waals surface area contributed by atoms with Crippen LogP contribution >= 0.6 is 0 Å². The molecule has 0 unspecified atom stereocenters. The zero-order chi connectivity index (χ0) is 13.8. The first-order chi connectivity index (χ1) is 9.83. The lowest BCUT2D eigenvalue weighted by molar-refractivity contribution is 0.300. The zero-order valence-corrected chi connectivity index (χ0v) is 11.8. The summed E-state index contributed by atoms with van der Waals surface area (Å²) in [4.78, 5) is 3.31. The van der Waals surface area contributed by atoms with Crippen LogP contribution in [0.15, 0.2) is 30.5 Å². The van der Waals surface area contributed by atoms with Crippen molar-refractivity contribution in [1.29, 1.82) is 5.26 Å². The number of nitriles is 1. The second-order valence-electron chi connectivity index (χ2n) is 5.79. The Kier molecular flexibility index (Phi) is 3.75. The predicted octanol–water partition coefficient (Wildman–Crippen LogP) is 3.53. The summed E-state index contributed by atoms with van der Waals surface area (Å²) in [5.41, 5.74) is 2.25. The molecule has 1 aliphatic carbocycles. The second kappa shape index (κ2) is 5.68. The van der Waals surface area contributed by atoms with Gasteiger partial charge >= 0.3 is 0 Å². The molecule has 1 aromatic carbocycles. The van der Waals surface area contributed by atoms with Crippen molar-refractivity contribution in [3.05, 3.63) is 36.0 Å². The summed E-state index contributed by atoms with van der Waals surface area (Å²) in [6.45, 7) is 0.870.